The zero-order valence-electron chi connectivity index (χ0n) is 16.6. The summed E-state index contributed by atoms with van der Waals surface area (Å²) >= 11 is 5.92. The first-order valence-electron chi connectivity index (χ1n) is 9.39. The molecule has 2 amide bonds. The highest BCUT2D eigenvalue weighted by Crippen LogP contribution is 2.15. The number of carbonyl (C=O) groups excluding carboxylic acids is 2. The van der Waals surface area contributed by atoms with E-state index in [1.54, 1.807) is 38.0 Å². The summed E-state index contributed by atoms with van der Waals surface area (Å²) in [6.45, 7) is 4.43. The molecule has 2 aromatic rings. The molecule has 0 aliphatic rings. The van der Waals surface area contributed by atoms with Crippen LogP contribution in [0.4, 0.5) is 0 Å². The highest BCUT2D eigenvalue weighted by molar-refractivity contribution is 6.30. The molecular weight excluding hydrogens is 376 g/mol. The van der Waals surface area contributed by atoms with Gasteiger partial charge in [-0.2, -0.15) is 0 Å². The van der Waals surface area contributed by atoms with Crippen LogP contribution in [0.2, 0.25) is 5.02 Å². The summed E-state index contributed by atoms with van der Waals surface area (Å²) in [7, 11) is 1.63. The van der Waals surface area contributed by atoms with Gasteiger partial charge in [-0.3, -0.25) is 9.59 Å². The Morgan fingerprint density at radius 2 is 1.68 bits per heavy atom. The second-order valence-electron chi connectivity index (χ2n) is 6.57. The minimum Gasteiger partial charge on any atom is -0.497 e. The number of hydrogen-bond donors (Lipinski definition) is 1. The number of halogens is 1. The molecule has 6 heteroatoms. The molecule has 0 aliphatic carbocycles. The Labute approximate surface area is 171 Å². The van der Waals surface area contributed by atoms with Crippen LogP contribution >= 0.6 is 11.6 Å². The lowest BCUT2D eigenvalue weighted by molar-refractivity contribution is -0.140. The first kappa shape index (κ1) is 21.8. The molecule has 0 saturated carbocycles. The van der Waals surface area contributed by atoms with Gasteiger partial charge in [0.25, 0.3) is 0 Å². The number of hydrogen-bond acceptors (Lipinski definition) is 3. The summed E-state index contributed by atoms with van der Waals surface area (Å²) in [4.78, 5) is 26.6. The summed E-state index contributed by atoms with van der Waals surface area (Å²) < 4.78 is 5.14. The lowest BCUT2D eigenvalue weighted by atomic mass is 10.1. The third-order valence-electron chi connectivity index (χ3n) is 4.61. The van der Waals surface area contributed by atoms with E-state index in [9.17, 15) is 9.59 Å². The average molecular weight is 403 g/mol. The van der Waals surface area contributed by atoms with Gasteiger partial charge < -0.3 is 15.0 Å². The van der Waals surface area contributed by atoms with E-state index >= 15 is 0 Å². The zero-order valence-corrected chi connectivity index (χ0v) is 17.3. The fourth-order valence-corrected chi connectivity index (χ4v) is 2.97. The Bertz CT molecular complexity index is 775. The van der Waals surface area contributed by atoms with E-state index in [2.05, 4.69) is 5.32 Å². The maximum Gasteiger partial charge on any atom is 0.242 e. The molecule has 0 heterocycles. The van der Waals surface area contributed by atoms with Crippen molar-refractivity contribution in [2.45, 2.75) is 39.3 Å². The van der Waals surface area contributed by atoms with Gasteiger partial charge in [-0.1, -0.05) is 42.8 Å². The van der Waals surface area contributed by atoms with Gasteiger partial charge in [0.1, 0.15) is 11.8 Å². The highest BCUT2D eigenvalue weighted by Gasteiger charge is 2.24. The summed E-state index contributed by atoms with van der Waals surface area (Å²) in [6, 6.07) is 14.5. The van der Waals surface area contributed by atoms with Gasteiger partial charge in [0.15, 0.2) is 0 Å². The standard InChI is InChI=1S/C22H27ClN2O3/c1-4-21(26)25(15-18-5-9-19(23)10-6-18)16(2)22(27)24-14-13-17-7-11-20(28-3)12-8-17/h5-12,16H,4,13-15H2,1-3H3,(H,24,27)/t16-/m1/s1. The number of rotatable bonds is 9. The molecule has 0 radical (unpaired) electrons. The predicted octanol–water partition coefficient (Wildman–Crippen LogP) is 3.83. The molecule has 1 N–H and O–H groups in total. The molecule has 0 aromatic heterocycles. The molecule has 0 saturated heterocycles. The second kappa shape index (κ2) is 10.7. The van der Waals surface area contributed by atoms with Crippen molar-refractivity contribution >= 4 is 23.4 Å². The third-order valence-corrected chi connectivity index (χ3v) is 4.86. The second-order valence-corrected chi connectivity index (χ2v) is 7.00. The normalized spacial score (nSPS) is 11.6. The monoisotopic (exact) mass is 402 g/mol. The minimum absolute atomic E-state index is 0.0623. The SMILES string of the molecule is CCC(=O)N(Cc1ccc(Cl)cc1)[C@H](C)C(=O)NCCc1ccc(OC)cc1. The van der Waals surface area contributed by atoms with Gasteiger partial charge >= 0.3 is 0 Å². The fraction of sp³-hybridized carbons (Fsp3) is 0.364. The quantitative estimate of drug-likeness (QED) is 0.693. The fourth-order valence-electron chi connectivity index (χ4n) is 2.84. The van der Waals surface area contributed by atoms with Crippen LogP contribution in [-0.2, 0) is 22.6 Å². The van der Waals surface area contributed by atoms with Crippen LogP contribution in [0.25, 0.3) is 0 Å². The van der Waals surface area contributed by atoms with Crippen LogP contribution in [-0.4, -0.2) is 36.4 Å². The summed E-state index contributed by atoms with van der Waals surface area (Å²) in [6.07, 6.45) is 1.05. The Morgan fingerprint density at radius 3 is 2.25 bits per heavy atom. The van der Waals surface area contributed by atoms with Crippen molar-refractivity contribution in [3.8, 4) is 5.75 Å². The number of amides is 2. The maximum atomic E-state index is 12.6. The molecule has 0 fully saturated rings. The first-order chi connectivity index (χ1) is 13.4. The number of nitrogens with one attached hydrogen (secondary N) is 1. The highest BCUT2D eigenvalue weighted by atomic mass is 35.5. The lowest BCUT2D eigenvalue weighted by Crippen LogP contribution is -2.47. The molecule has 0 bridgehead atoms. The number of carbonyl (C=O) groups is 2. The molecule has 2 rings (SSSR count). The Kier molecular flexibility index (Phi) is 8.33. The molecule has 5 nitrogen and oxygen atoms in total. The van der Waals surface area contributed by atoms with Crippen molar-refractivity contribution in [3.63, 3.8) is 0 Å². The molecule has 150 valence electrons. The molecule has 0 unspecified atom stereocenters. The topological polar surface area (TPSA) is 58.6 Å². The Balaban J connectivity index is 1.93. The average Bonchev–Trinajstić information content (AvgIpc) is 2.72. The van der Waals surface area contributed by atoms with Crippen LogP contribution in [0.15, 0.2) is 48.5 Å². The van der Waals surface area contributed by atoms with Crippen molar-refractivity contribution in [1.29, 1.82) is 0 Å². The van der Waals surface area contributed by atoms with E-state index in [0.29, 0.717) is 31.0 Å². The Hall–Kier alpha value is -2.53. The van der Waals surface area contributed by atoms with Gasteiger partial charge in [-0.15, -0.1) is 0 Å². The minimum atomic E-state index is -0.556. The third kappa shape index (κ3) is 6.27. The summed E-state index contributed by atoms with van der Waals surface area (Å²) in [5.74, 6) is 0.578. The van der Waals surface area contributed by atoms with Gasteiger partial charge in [0.05, 0.1) is 7.11 Å². The van der Waals surface area contributed by atoms with E-state index in [1.165, 1.54) is 0 Å². The van der Waals surface area contributed by atoms with Crippen molar-refractivity contribution in [3.05, 3.63) is 64.7 Å². The number of nitrogens with zero attached hydrogens (tertiary/aromatic N) is 1. The zero-order chi connectivity index (χ0) is 20.5. The van der Waals surface area contributed by atoms with E-state index < -0.39 is 6.04 Å². The van der Waals surface area contributed by atoms with Crippen LogP contribution in [0, 0.1) is 0 Å². The van der Waals surface area contributed by atoms with Gasteiger partial charge in [0.2, 0.25) is 11.8 Å². The number of methoxy groups -OCH3 is 1. The summed E-state index contributed by atoms with van der Waals surface area (Å²) in [5.41, 5.74) is 2.04. The van der Waals surface area contributed by atoms with Gasteiger partial charge in [-0.25, -0.2) is 0 Å². The summed E-state index contributed by atoms with van der Waals surface area (Å²) in [5, 5.41) is 3.57. The molecule has 0 spiro atoms. The predicted molar refractivity (Wildman–Crippen MR) is 111 cm³/mol. The molecule has 2 aromatic carbocycles. The Morgan fingerprint density at radius 1 is 1.07 bits per heavy atom. The first-order valence-corrected chi connectivity index (χ1v) is 9.77. The van der Waals surface area contributed by atoms with Crippen LogP contribution in [0.3, 0.4) is 0 Å². The molecular formula is C22H27ClN2O3. The number of ether oxygens (including phenoxy) is 1. The molecule has 0 aliphatic heterocycles. The van der Waals surface area contributed by atoms with Crippen LogP contribution < -0.4 is 10.1 Å². The smallest absolute Gasteiger partial charge is 0.242 e. The van der Waals surface area contributed by atoms with E-state index in [0.717, 1.165) is 16.9 Å². The molecule has 28 heavy (non-hydrogen) atoms. The molecule has 1 atom stereocenters. The van der Waals surface area contributed by atoms with Crippen molar-refractivity contribution in [2.75, 3.05) is 13.7 Å². The largest absolute Gasteiger partial charge is 0.497 e. The van der Waals surface area contributed by atoms with Crippen LogP contribution in [0.1, 0.15) is 31.4 Å². The van der Waals surface area contributed by atoms with Crippen molar-refractivity contribution < 1.29 is 14.3 Å². The van der Waals surface area contributed by atoms with Gasteiger partial charge in [-0.05, 0) is 48.7 Å². The van der Waals surface area contributed by atoms with Gasteiger partial charge in [0, 0.05) is 24.5 Å². The van der Waals surface area contributed by atoms with E-state index in [4.69, 9.17) is 16.3 Å². The van der Waals surface area contributed by atoms with E-state index in [-0.39, 0.29) is 11.8 Å². The maximum absolute atomic E-state index is 12.6. The lowest BCUT2D eigenvalue weighted by Gasteiger charge is -2.28. The van der Waals surface area contributed by atoms with Crippen molar-refractivity contribution in [1.82, 2.24) is 10.2 Å². The number of benzene rings is 2. The van der Waals surface area contributed by atoms with Crippen LogP contribution in [0.5, 0.6) is 5.75 Å². The van der Waals surface area contributed by atoms with Crippen molar-refractivity contribution in [2.24, 2.45) is 0 Å². The van der Waals surface area contributed by atoms with E-state index in [1.807, 2.05) is 36.4 Å².